The van der Waals surface area contributed by atoms with E-state index >= 15 is 0 Å². The van der Waals surface area contributed by atoms with Crippen LogP contribution in [0, 0.1) is 0 Å². The molecule has 1 heterocycles. The van der Waals surface area contributed by atoms with Gasteiger partial charge in [-0.25, -0.2) is 0 Å². The molecule has 110 valence electrons. The van der Waals surface area contributed by atoms with E-state index in [1.165, 1.54) is 9.87 Å². The molecule has 21 heavy (non-hydrogen) atoms. The largest absolute Gasteiger partial charge is 0.399 e. The summed E-state index contributed by atoms with van der Waals surface area (Å²) in [4.78, 5) is 0. The highest BCUT2D eigenvalue weighted by atomic mass is 32.2. The molecule has 5 nitrogen and oxygen atoms in total. The number of fused-ring (bicyclic) bond motifs is 1. The van der Waals surface area contributed by atoms with Gasteiger partial charge in [0, 0.05) is 18.8 Å². The molecule has 3 N–H and O–H groups in total. The number of nitrogen functional groups attached to an aromatic ring is 1. The third-order valence-electron chi connectivity index (χ3n) is 3.57. The maximum absolute atomic E-state index is 12.5. The first-order chi connectivity index (χ1) is 10.0. The van der Waals surface area contributed by atoms with Crippen molar-refractivity contribution < 1.29 is 8.42 Å². The zero-order valence-electron chi connectivity index (χ0n) is 11.5. The lowest BCUT2D eigenvalue weighted by molar-refractivity contribution is 0.394. The van der Waals surface area contributed by atoms with Gasteiger partial charge in [-0.2, -0.15) is 12.7 Å². The van der Waals surface area contributed by atoms with Gasteiger partial charge in [0.15, 0.2) is 0 Å². The molecule has 0 atom stereocenters. The van der Waals surface area contributed by atoms with E-state index in [1.807, 2.05) is 24.3 Å². The van der Waals surface area contributed by atoms with Crippen molar-refractivity contribution in [2.45, 2.75) is 13.0 Å². The van der Waals surface area contributed by atoms with Gasteiger partial charge in [-0.15, -0.1) is 0 Å². The normalized spacial score (nSPS) is 15.4. The SMILES string of the molecule is Nc1cccc(NS(=O)(=O)N2CCc3ccccc3C2)c1. The van der Waals surface area contributed by atoms with E-state index in [2.05, 4.69) is 4.72 Å². The summed E-state index contributed by atoms with van der Waals surface area (Å²) < 4.78 is 28.9. The topological polar surface area (TPSA) is 75.4 Å². The van der Waals surface area contributed by atoms with Crippen molar-refractivity contribution in [2.75, 3.05) is 17.0 Å². The Kier molecular flexibility index (Phi) is 3.57. The van der Waals surface area contributed by atoms with E-state index in [0.29, 0.717) is 24.5 Å². The van der Waals surface area contributed by atoms with Crippen molar-refractivity contribution in [1.29, 1.82) is 0 Å². The number of hydrogen-bond donors (Lipinski definition) is 2. The fourth-order valence-electron chi connectivity index (χ4n) is 2.49. The van der Waals surface area contributed by atoms with Crippen LogP contribution in [0.2, 0.25) is 0 Å². The molecular formula is C15H17N3O2S. The summed E-state index contributed by atoms with van der Waals surface area (Å²) in [6.45, 7) is 0.877. The average Bonchev–Trinajstić information content (AvgIpc) is 2.46. The Balaban J connectivity index is 1.80. The first-order valence-corrected chi connectivity index (χ1v) is 8.19. The summed E-state index contributed by atoms with van der Waals surface area (Å²) in [7, 11) is -3.57. The predicted octanol–water partition coefficient (Wildman–Crippen LogP) is 1.98. The minimum absolute atomic E-state index is 0.397. The molecule has 0 aliphatic carbocycles. The summed E-state index contributed by atoms with van der Waals surface area (Å²) in [5.41, 5.74) is 8.95. The Labute approximate surface area is 124 Å². The van der Waals surface area contributed by atoms with Crippen LogP contribution in [0.5, 0.6) is 0 Å². The monoisotopic (exact) mass is 303 g/mol. The second-order valence-electron chi connectivity index (χ2n) is 5.08. The van der Waals surface area contributed by atoms with Crippen LogP contribution in [0.25, 0.3) is 0 Å². The van der Waals surface area contributed by atoms with Gasteiger partial charge in [-0.3, -0.25) is 4.72 Å². The summed E-state index contributed by atoms with van der Waals surface area (Å²) in [5, 5.41) is 0. The number of hydrogen-bond acceptors (Lipinski definition) is 3. The molecule has 0 amide bonds. The van der Waals surface area contributed by atoms with E-state index < -0.39 is 10.2 Å². The standard InChI is InChI=1S/C15H17N3O2S/c16-14-6-3-7-15(10-14)17-21(19,20)18-9-8-12-4-1-2-5-13(12)11-18/h1-7,10,17H,8-9,11,16H2. The van der Waals surface area contributed by atoms with Crippen molar-refractivity contribution in [1.82, 2.24) is 4.31 Å². The Hall–Kier alpha value is -2.05. The van der Waals surface area contributed by atoms with Crippen LogP contribution in [0.3, 0.4) is 0 Å². The molecule has 0 radical (unpaired) electrons. The average molecular weight is 303 g/mol. The lowest BCUT2D eigenvalue weighted by Crippen LogP contribution is -2.39. The van der Waals surface area contributed by atoms with Crippen LogP contribution < -0.4 is 10.5 Å². The molecule has 0 aromatic heterocycles. The molecule has 2 aromatic carbocycles. The van der Waals surface area contributed by atoms with Crippen LogP contribution in [-0.4, -0.2) is 19.3 Å². The molecule has 0 unspecified atom stereocenters. The number of rotatable bonds is 3. The quantitative estimate of drug-likeness (QED) is 0.851. The molecule has 6 heteroatoms. The van der Waals surface area contributed by atoms with Crippen LogP contribution >= 0.6 is 0 Å². The third kappa shape index (κ3) is 3.01. The van der Waals surface area contributed by atoms with E-state index in [9.17, 15) is 8.42 Å². The predicted molar refractivity (Wildman–Crippen MR) is 84.0 cm³/mol. The van der Waals surface area contributed by atoms with Gasteiger partial charge in [0.1, 0.15) is 0 Å². The van der Waals surface area contributed by atoms with Gasteiger partial charge < -0.3 is 5.73 Å². The second kappa shape index (κ2) is 5.38. The van der Waals surface area contributed by atoms with Crippen LogP contribution in [-0.2, 0) is 23.2 Å². The minimum atomic E-state index is -3.57. The smallest absolute Gasteiger partial charge is 0.301 e. The fourth-order valence-corrected chi connectivity index (χ4v) is 3.69. The number of nitrogens with zero attached hydrogens (tertiary/aromatic N) is 1. The summed E-state index contributed by atoms with van der Waals surface area (Å²) in [6.07, 6.45) is 0.730. The molecular weight excluding hydrogens is 286 g/mol. The van der Waals surface area contributed by atoms with Crippen molar-refractivity contribution in [3.8, 4) is 0 Å². The van der Waals surface area contributed by atoms with Crippen molar-refractivity contribution in [3.63, 3.8) is 0 Å². The molecule has 0 bridgehead atoms. The first-order valence-electron chi connectivity index (χ1n) is 6.75. The van der Waals surface area contributed by atoms with E-state index in [1.54, 1.807) is 24.3 Å². The zero-order valence-corrected chi connectivity index (χ0v) is 12.3. The lowest BCUT2D eigenvalue weighted by Gasteiger charge is -2.28. The van der Waals surface area contributed by atoms with E-state index in [4.69, 9.17) is 5.73 Å². The number of benzene rings is 2. The van der Waals surface area contributed by atoms with E-state index in [0.717, 1.165) is 12.0 Å². The molecule has 0 saturated carbocycles. The van der Waals surface area contributed by atoms with Gasteiger partial charge in [0.2, 0.25) is 0 Å². The highest BCUT2D eigenvalue weighted by molar-refractivity contribution is 7.90. The fraction of sp³-hybridized carbons (Fsp3) is 0.200. The highest BCUT2D eigenvalue weighted by Crippen LogP contribution is 2.22. The molecule has 2 aromatic rings. The minimum Gasteiger partial charge on any atom is -0.399 e. The molecule has 1 aliphatic rings. The van der Waals surface area contributed by atoms with Gasteiger partial charge in [0.05, 0.1) is 5.69 Å². The van der Waals surface area contributed by atoms with Crippen molar-refractivity contribution >= 4 is 21.6 Å². The Bertz CT molecular complexity index is 759. The number of anilines is 2. The summed E-state index contributed by atoms with van der Waals surface area (Å²) in [6, 6.07) is 14.7. The van der Waals surface area contributed by atoms with Crippen molar-refractivity contribution in [2.24, 2.45) is 0 Å². The maximum Gasteiger partial charge on any atom is 0.301 e. The van der Waals surface area contributed by atoms with Crippen molar-refractivity contribution in [3.05, 3.63) is 59.7 Å². The lowest BCUT2D eigenvalue weighted by atomic mass is 10.0. The van der Waals surface area contributed by atoms with Gasteiger partial charge >= 0.3 is 10.2 Å². The van der Waals surface area contributed by atoms with Gasteiger partial charge in [-0.1, -0.05) is 30.3 Å². The number of nitrogens with one attached hydrogen (secondary N) is 1. The molecule has 0 spiro atoms. The van der Waals surface area contributed by atoms with E-state index in [-0.39, 0.29) is 0 Å². The Morgan fingerprint density at radius 3 is 2.57 bits per heavy atom. The van der Waals surface area contributed by atoms with Crippen LogP contribution in [0.4, 0.5) is 11.4 Å². The van der Waals surface area contributed by atoms with Gasteiger partial charge in [0.25, 0.3) is 0 Å². The molecule has 3 rings (SSSR count). The maximum atomic E-state index is 12.5. The van der Waals surface area contributed by atoms with Gasteiger partial charge in [-0.05, 0) is 35.7 Å². The van der Waals surface area contributed by atoms with Crippen LogP contribution in [0.15, 0.2) is 48.5 Å². The molecule has 0 fully saturated rings. The summed E-state index contributed by atoms with van der Waals surface area (Å²) in [5.74, 6) is 0. The Morgan fingerprint density at radius 1 is 1.05 bits per heavy atom. The molecule has 0 saturated heterocycles. The van der Waals surface area contributed by atoms with Crippen LogP contribution in [0.1, 0.15) is 11.1 Å². The number of nitrogens with two attached hydrogens (primary N) is 1. The summed E-state index contributed by atoms with van der Waals surface area (Å²) >= 11 is 0. The zero-order chi connectivity index (χ0) is 14.9. The first kappa shape index (κ1) is 13.9. The molecule has 1 aliphatic heterocycles. The Morgan fingerprint density at radius 2 is 1.81 bits per heavy atom. The third-order valence-corrected chi connectivity index (χ3v) is 5.05. The second-order valence-corrected chi connectivity index (χ2v) is 6.76. The highest BCUT2D eigenvalue weighted by Gasteiger charge is 2.26.